The van der Waals surface area contributed by atoms with E-state index in [1.165, 1.54) is 0 Å². The first-order chi connectivity index (χ1) is 13.6. The van der Waals surface area contributed by atoms with Gasteiger partial charge in [0, 0.05) is 11.6 Å². The summed E-state index contributed by atoms with van der Waals surface area (Å²) in [5.41, 5.74) is 3.96. The molecule has 1 aromatic carbocycles. The lowest BCUT2D eigenvalue weighted by Crippen LogP contribution is -1.96. The van der Waals surface area contributed by atoms with Crippen LogP contribution in [0.3, 0.4) is 0 Å². The lowest BCUT2D eigenvalue weighted by atomic mass is 10.1. The molecule has 6 heteroatoms. The second kappa shape index (κ2) is 7.36. The number of carboxylic acids is 1. The van der Waals surface area contributed by atoms with Gasteiger partial charge < -0.3 is 13.9 Å². The summed E-state index contributed by atoms with van der Waals surface area (Å²) in [5.74, 6) is 0.276. The standard InChI is InChI=1S/C22H16N2O4/c1-14(13-20(25)26)9-10-17-22(19-8-4-12-28-19)24-21-15(18-7-3-11-27-18)5-2-6-16(21)23-17/h2-13H,1H3,(H,25,26)/b10-9+,14-13+. The minimum Gasteiger partial charge on any atom is -0.478 e. The summed E-state index contributed by atoms with van der Waals surface area (Å²) < 4.78 is 11.1. The zero-order valence-corrected chi connectivity index (χ0v) is 15.0. The summed E-state index contributed by atoms with van der Waals surface area (Å²) in [4.78, 5) is 20.4. The molecular weight excluding hydrogens is 356 g/mol. The molecule has 0 bridgehead atoms. The monoisotopic (exact) mass is 372 g/mol. The van der Waals surface area contributed by atoms with E-state index in [0.717, 1.165) is 11.6 Å². The number of rotatable bonds is 5. The maximum absolute atomic E-state index is 10.8. The van der Waals surface area contributed by atoms with Gasteiger partial charge in [-0.05, 0) is 55.0 Å². The molecule has 0 aliphatic rings. The van der Waals surface area contributed by atoms with Crippen molar-refractivity contribution >= 4 is 23.1 Å². The zero-order chi connectivity index (χ0) is 19.5. The fraction of sp³-hybridized carbons (Fsp3) is 0.0455. The Morgan fingerprint density at radius 2 is 1.75 bits per heavy atom. The summed E-state index contributed by atoms with van der Waals surface area (Å²) in [7, 11) is 0. The SMILES string of the molecule is CC(/C=C/c1nc2cccc(-c3ccco3)c2nc1-c1ccco1)=C\C(=O)O. The van der Waals surface area contributed by atoms with Crippen molar-refractivity contribution in [2.75, 3.05) is 0 Å². The quantitative estimate of drug-likeness (QED) is 0.383. The van der Waals surface area contributed by atoms with Crippen LogP contribution in [-0.4, -0.2) is 21.0 Å². The third-order valence-electron chi connectivity index (χ3n) is 4.12. The van der Waals surface area contributed by atoms with Crippen molar-refractivity contribution in [3.63, 3.8) is 0 Å². The van der Waals surface area contributed by atoms with Crippen molar-refractivity contribution in [1.82, 2.24) is 9.97 Å². The van der Waals surface area contributed by atoms with Gasteiger partial charge in [-0.2, -0.15) is 0 Å². The number of aromatic nitrogens is 2. The van der Waals surface area contributed by atoms with Gasteiger partial charge in [0.05, 0.1) is 23.7 Å². The highest BCUT2D eigenvalue weighted by Gasteiger charge is 2.15. The van der Waals surface area contributed by atoms with Crippen molar-refractivity contribution in [3.8, 4) is 22.8 Å². The topological polar surface area (TPSA) is 89.4 Å². The Morgan fingerprint density at radius 1 is 1.00 bits per heavy atom. The van der Waals surface area contributed by atoms with Crippen LogP contribution in [0.2, 0.25) is 0 Å². The molecule has 0 saturated heterocycles. The Morgan fingerprint density at radius 3 is 2.43 bits per heavy atom. The maximum atomic E-state index is 10.8. The summed E-state index contributed by atoms with van der Waals surface area (Å²) in [6.07, 6.45) is 7.74. The summed E-state index contributed by atoms with van der Waals surface area (Å²) in [5, 5.41) is 8.89. The van der Waals surface area contributed by atoms with Gasteiger partial charge >= 0.3 is 5.97 Å². The van der Waals surface area contributed by atoms with Gasteiger partial charge in [0.1, 0.15) is 17.0 Å². The zero-order valence-electron chi connectivity index (χ0n) is 15.0. The molecule has 3 heterocycles. The molecule has 138 valence electrons. The lowest BCUT2D eigenvalue weighted by Gasteiger charge is -2.08. The molecule has 4 rings (SSSR count). The number of furan rings is 2. The van der Waals surface area contributed by atoms with Crippen molar-refractivity contribution in [3.05, 3.63) is 78.4 Å². The average Bonchev–Trinajstić information content (AvgIpc) is 3.38. The van der Waals surface area contributed by atoms with E-state index < -0.39 is 5.97 Å². The number of benzene rings is 1. The van der Waals surface area contributed by atoms with Crippen LogP contribution in [0.25, 0.3) is 39.9 Å². The van der Waals surface area contributed by atoms with Crippen LogP contribution in [0, 0.1) is 0 Å². The van der Waals surface area contributed by atoms with Gasteiger partial charge in [0.25, 0.3) is 0 Å². The molecule has 0 radical (unpaired) electrons. The smallest absolute Gasteiger partial charge is 0.328 e. The minimum atomic E-state index is -0.999. The van der Waals surface area contributed by atoms with Crippen LogP contribution in [0.5, 0.6) is 0 Å². The van der Waals surface area contributed by atoms with E-state index in [1.807, 2.05) is 36.4 Å². The average molecular weight is 372 g/mol. The van der Waals surface area contributed by atoms with E-state index in [1.54, 1.807) is 37.7 Å². The third-order valence-corrected chi connectivity index (χ3v) is 4.12. The van der Waals surface area contributed by atoms with E-state index in [9.17, 15) is 4.79 Å². The van der Waals surface area contributed by atoms with Gasteiger partial charge in [-0.3, -0.25) is 0 Å². The molecule has 6 nitrogen and oxygen atoms in total. The molecular formula is C22H16N2O4. The molecule has 0 atom stereocenters. The molecule has 0 unspecified atom stereocenters. The van der Waals surface area contributed by atoms with Crippen molar-refractivity contribution < 1.29 is 18.7 Å². The van der Waals surface area contributed by atoms with E-state index >= 15 is 0 Å². The van der Waals surface area contributed by atoms with Crippen LogP contribution in [0.15, 0.2) is 81.6 Å². The number of carboxylic acid groups (broad SMARTS) is 1. The summed E-state index contributed by atoms with van der Waals surface area (Å²) >= 11 is 0. The normalized spacial score (nSPS) is 12.1. The Balaban J connectivity index is 1.91. The van der Waals surface area contributed by atoms with E-state index in [2.05, 4.69) is 0 Å². The number of para-hydroxylation sites is 1. The van der Waals surface area contributed by atoms with Gasteiger partial charge in [-0.1, -0.05) is 12.1 Å². The van der Waals surface area contributed by atoms with Gasteiger partial charge in [0.2, 0.25) is 0 Å². The van der Waals surface area contributed by atoms with Crippen LogP contribution in [0.1, 0.15) is 12.6 Å². The fourth-order valence-corrected chi connectivity index (χ4v) is 2.89. The number of aliphatic carboxylic acids is 1. The Labute approximate surface area is 160 Å². The fourth-order valence-electron chi connectivity index (χ4n) is 2.89. The van der Waals surface area contributed by atoms with Gasteiger partial charge in [-0.25, -0.2) is 14.8 Å². The maximum Gasteiger partial charge on any atom is 0.328 e. The van der Waals surface area contributed by atoms with E-state index in [-0.39, 0.29) is 0 Å². The molecule has 0 fully saturated rings. The molecule has 0 aliphatic heterocycles. The molecule has 0 amide bonds. The van der Waals surface area contributed by atoms with Crippen molar-refractivity contribution in [2.24, 2.45) is 0 Å². The molecule has 0 aliphatic carbocycles. The summed E-state index contributed by atoms with van der Waals surface area (Å²) in [6, 6.07) is 13.0. The highest BCUT2D eigenvalue weighted by molar-refractivity contribution is 5.92. The highest BCUT2D eigenvalue weighted by atomic mass is 16.4. The van der Waals surface area contributed by atoms with Crippen molar-refractivity contribution in [1.29, 1.82) is 0 Å². The number of hydrogen-bond acceptors (Lipinski definition) is 5. The summed E-state index contributed by atoms with van der Waals surface area (Å²) in [6.45, 7) is 1.71. The van der Waals surface area contributed by atoms with Crippen LogP contribution >= 0.6 is 0 Å². The van der Waals surface area contributed by atoms with Crippen LogP contribution < -0.4 is 0 Å². The first kappa shape index (κ1) is 17.5. The number of hydrogen-bond donors (Lipinski definition) is 1. The molecule has 28 heavy (non-hydrogen) atoms. The van der Waals surface area contributed by atoms with Crippen LogP contribution in [-0.2, 0) is 4.79 Å². The predicted molar refractivity (Wildman–Crippen MR) is 105 cm³/mol. The number of nitrogens with zero attached hydrogens (tertiary/aromatic N) is 2. The van der Waals surface area contributed by atoms with Gasteiger partial charge in [-0.15, -0.1) is 0 Å². The first-order valence-corrected chi connectivity index (χ1v) is 8.59. The van der Waals surface area contributed by atoms with E-state index in [4.69, 9.17) is 23.9 Å². The number of fused-ring (bicyclic) bond motifs is 1. The predicted octanol–water partition coefficient (Wildman–Crippen LogP) is 5.19. The van der Waals surface area contributed by atoms with Gasteiger partial charge in [0.15, 0.2) is 5.76 Å². The highest BCUT2D eigenvalue weighted by Crippen LogP contribution is 2.31. The number of allylic oxidation sites excluding steroid dienone is 2. The third kappa shape index (κ3) is 3.48. The molecule has 4 aromatic rings. The lowest BCUT2D eigenvalue weighted by molar-refractivity contribution is -0.131. The molecule has 1 N–H and O–H groups in total. The largest absolute Gasteiger partial charge is 0.478 e. The second-order valence-electron chi connectivity index (χ2n) is 6.15. The van der Waals surface area contributed by atoms with Crippen LogP contribution in [0.4, 0.5) is 0 Å². The second-order valence-corrected chi connectivity index (χ2v) is 6.15. The van der Waals surface area contributed by atoms with Crippen molar-refractivity contribution in [2.45, 2.75) is 6.92 Å². The Bertz CT molecular complexity index is 1190. The Kier molecular flexibility index (Phi) is 4.60. The molecule has 0 spiro atoms. The Hall–Kier alpha value is -3.93. The first-order valence-electron chi connectivity index (χ1n) is 8.59. The van der Waals surface area contributed by atoms with E-state index in [0.29, 0.717) is 39.5 Å². The minimum absolute atomic E-state index is 0.566. The number of carbonyl (C=O) groups is 1. The molecule has 3 aromatic heterocycles. The molecule has 0 saturated carbocycles.